The number of carbonyl (C=O) groups excluding carboxylic acids is 1. The zero-order chi connectivity index (χ0) is 20.9. The minimum absolute atomic E-state index is 0.348. The highest BCUT2D eigenvalue weighted by Gasteiger charge is 2.12. The third-order valence-electron chi connectivity index (χ3n) is 5.10. The zero-order valence-electron chi connectivity index (χ0n) is 18.3. The van der Waals surface area contributed by atoms with Gasteiger partial charge in [-0.05, 0) is 55.0 Å². The summed E-state index contributed by atoms with van der Waals surface area (Å²) in [5.74, 6) is -0.348. The van der Waals surface area contributed by atoms with Crippen LogP contribution in [0.1, 0.15) is 81.6 Å². The normalized spacial score (nSPS) is 12.0. The second-order valence-electron chi connectivity index (χ2n) is 7.64. The van der Waals surface area contributed by atoms with Crippen LogP contribution in [0.5, 0.6) is 0 Å². The molecule has 3 nitrogen and oxygen atoms in total. The Hall–Kier alpha value is -2.13. The predicted octanol–water partition coefficient (Wildman–Crippen LogP) is 7.19. The first kappa shape index (κ1) is 23.2. The Morgan fingerprint density at radius 2 is 1.38 bits per heavy atom. The van der Waals surface area contributed by atoms with Crippen molar-refractivity contribution in [2.75, 3.05) is 6.61 Å². The molecular weight excluding hydrogens is 360 g/mol. The van der Waals surface area contributed by atoms with Gasteiger partial charge in [-0.25, -0.2) is 4.79 Å². The van der Waals surface area contributed by atoms with E-state index in [0.717, 1.165) is 30.4 Å². The maximum absolute atomic E-state index is 12.2. The zero-order valence-corrected chi connectivity index (χ0v) is 18.3. The number of carbonyl (C=O) groups is 1. The average molecular weight is 397 g/mol. The second kappa shape index (κ2) is 13.2. The summed E-state index contributed by atoms with van der Waals surface area (Å²) in [6, 6.07) is 16.3. The van der Waals surface area contributed by atoms with Crippen molar-refractivity contribution in [2.45, 2.75) is 78.4 Å². The predicted molar refractivity (Wildman–Crippen MR) is 120 cm³/mol. The lowest BCUT2D eigenvalue weighted by molar-refractivity contribution is -0.0985. The lowest BCUT2D eigenvalue weighted by Crippen LogP contribution is -2.18. The summed E-state index contributed by atoms with van der Waals surface area (Å²) in [7, 11) is 0. The number of ether oxygens (including phenoxy) is 2. The first-order valence-electron chi connectivity index (χ1n) is 11.2. The van der Waals surface area contributed by atoms with Crippen LogP contribution < -0.4 is 0 Å². The molecule has 158 valence electrons. The first-order chi connectivity index (χ1) is 14.1. The van der Waals surface area contributed by atoms with Gasteiger partial charge >= 0.3 is 5.97 Å². The first-order valence-corrected chi connectivity index (χ1v) is 11.2. The summed E-state index contributed by atoms with van der Waals surface area (Å²) in [6.45, 7) is 6.72. The Labute approximate surface area is 176 Å². The lowest BCUT2D eigenvalue weighted by Gasteiger charge is -2.14. The van der Waals surface area contributed by atoms with E-state index in [2.05, 4.69) is 38.1 Å². The molecule has 0 saturated heterocycles. The van der Waals surface area contributed by atoms with E-state index in [0.29, 0.717) is 12.2 Å². The Morgan fingerprint density at radius 1 is 0.793 bits per heavy atom. The van der Waals surface area contributed by atoms with Gasteiger partial charge in [-0.2, -0.15) is 0 Å². The van der Waals surface area contributed by atoms with Crippen molar-refractivity contribution in [1.82, 2.24) is 0 Å². The molecule has 0 aromatic heterocycles. The fraction of sp³-hybridized carbons (Fsp3) is 0.500. The van der Waals surface area contributed by atoms with Crippen LogP contribution in [-0.4, -0.2) is 18.9 Å². The molecule has 2 aromatic rings. The Bertz CT molecular complexity index is 704. The number of unbranched alkanes of at least 4 members (excludes halogenated alkanes) is 5. The molecule has 0 radical (unpaired) electrons. The van der Waals surface area contributed by atoms with Crippen LogP contribution in [0, 0.1) is 0 Å². The van der Waals surface area contributed by atoms with Crippen LogP contribution in [0.25, 0.3) is 11.1 Å². The second-order valence-corrected chi connectivity index (χ2v) is 7.64. The van der Waals surface area contributed by atoms with Crippen molar-refractivity contribution in [1.29, 1.82) is 0 Å². The van der Waals surface area contributed by atoms with Gasteiger partial charge in [0.25, 0.3) is 0 Å². The molecule has 1 unspecified atom stereocenters. The van der Waals surface area contributed by atoms with Crippen LogP contribution in [0.15, 0.2) is 48.5 Å². The maximum Gasteiger partial charge on any atom is 0.340 e. The molecule has 0 amide bonds. The summed E-state index contributed by atoms with van der Waals surface area (Å²) in [6.07, 6.45) is 9.19. The largest absolute Gasteiger partial charge is 0.432 e. The molecule has 2 aromatic carbocycles. The van der Waals surface area contributed by atoms with Gasteiger partial charge in [-0.1, -0.05) is 82.3 Å². The van der Waals surface area contributed by atoms with Crippen LogP contribution in [0.3, 0.4) is 0 Å². The van der Waals surface area contributed by atoms with Crippen molar-refractivity contribution < 1.29 is 14.3 Å². The Kier molecular flexibility index (Phi) is 10.5. The topological polar surface area (TPSA) is 35.5 Å². The monoisotopic (exact) mass is 396 g/mol. The van der Waals surface area contributed by atoms with Crippen LogP contribution >= 0.6 is 0 Å². The van der Waals surface area contributed by atoms with E-state index >= 15 is 0 Å². The third-order valence-corrected chi connectivity index (χ3v) is 5.10. The number of esters is 1. The fourth-order valence-electron chi connectivity index (χ4n) is 3.24. The quantitative estimate of drug-likeness (QED) is 0.204. The smallest absolute Gasteiger partial charge is 0.340 e. The Balaban J connectivity index is 1.85. The number of hydrogen-bond acceptors (Lipinski definition) is 3. The molecule has 0 saturated carbocycles. The van der Waals surface area contributed by atoms with Gasteiger partial charge < -0.3 is 9.47 Å². The SMILES string of the molecule is CCCCCCCc1ccc(-c2ccc(C(=O)OC(C)OCCCC)cc2)cc1. The van der Waals surface area contributed by atoms with Crippen LogP contribution in [-0.2, 0) is 15.9 Å². The third kappa shape index (κ3) is 8.41. The van der Waals surface area contributed by atoms with Gasteiger partial charge in [-0.15, -0.1) is 0 Å². The van der Waals surface area contributed by atoms with Crippen LogP contribution in [0.2, 0.25) is 0 Å². The number of aryl methyl sites for hydroxylation is 1. The minimum atomic E-state index is -0.525. The van der Waals surface area contributed by atoms with Gasteiger partial charge in [0.05, 0.1) is 12.2 Å². The standard InChI is InChI=1S/C26H36O3/c1-4-6-8-9-10-11-22-12-14-23(15-13-22)24-16-18-25(19-17-24)26(27)29-21(3)28-20-7-5-2/h12-19,21H,4-11,20H2,1-3H3. The van der Waals surface area contributed by atoms with Crippen molar-refractivity contribution in [3.8, 4) is 11.1 Å². The van der Waals surface area contributed by atoms with E-state index in [1.807, 2.05) is 24.3 Å². The molecule has 3 heteroatoms. The lowest BCUT2D eigenvalue weighted by atomic mass is 10.00. The summed E-state index contributed by atoms with van der Waals surface area (Å²) in [5, 5.41) is 0. The highest BCUT2D eigenvalue weighted by Crippen LogP contribution is 2.22. The summed E-state index contributed by atoms with van der Waals surface area (Å²) in [4.78, 5) is 12.2. The average Bonchev–Trinajstić information content (AvgIpc) is 2.74. The van der Waals surface area contributed by atoms with E-state index in [4.69, 9.17) is 9.47 Å². The van der Waals surface area contributed by atoms with Gasteiger partial charge in [0.15, 0.2) is 6.29 Å². The van der Waals surface area contributed by atoms with E-state index < -0.39 is 6.29 Å². The van der Waals surface area contributed by atoms with E-state index in [1.54, 1.807) is 6.92 Å². The van der Waals surface area contributed by atoms with E-state index in [9.17, 15) is 4.79 Å². The molecular formula is C26H36O3. The molecule has 29 heavy (non-hydrogen) atoms. The van der Waals surface area contributed by atoms with Crippen molar-refractivity contribution in [3.05, 3.63) is 59.7 Å². The summed E-state index contributed by atoms with van der Waals surface area (Å²) >= 11 is 0. The van der Waals surface area contributed by atoms with Crippen molar-refractivity contribution in [3.63, 3.8) is 0 Å². The van der Waals surface area contributed by atoms with Crippen molar-refractivity contribution in [2.24, 2.45) is 0 Å². The number of hydrogen-bond donors (Lipinski definition) is 0. The van der Waals surface area contributed by atoms with Gasteiger partial charge in [0.2, 0.25) is 0 Å². The summed E-state index contributed by atoms with van der Waals surface area (Å²) < 4.78 is 10.8. The molecule has 1 atom stereocenters. The molecule has 0 N–H and O–H groups in total. The van der Waals surface area contributed by atoms with Gasteiger partial charge in [0, 0.05) is 0 Å². The van der Waals surface area contributed by atoms with Crippen LogP contribution in [0.4, 0.5) is 0 Å². The highest BCUT2D eigenvalue weighted by molar-refractivity contribution is 5.90. The fourth-order valence-corrected chi connectivity index (χ4v) is 3.24. The molecule has 0 heterocycles. The molecule has 0 aliphatic rings. The van der Waals surface area contributed by atoms with Crippen molar-refractivity contribution >= 4 is 5.97 Å². The number of rotatable bonds is 13. The minimum Gasteiger partial charge on any atom is -0.432 e. The van der Waals surface area contributed by atoms with E-state index in [-0.39, 0.29) is 5.97 Å². The molecule has 0 fully saturated rings. The molecule has 0 aliphatic carbocycles. The molecule has 0 bridgehead atoms. The highest BCUT2D eigenvalue weighted by atomic mass is 16.7. The Morgan fingerprint density at radius 3 is 2.00 bits per heavy atom. The molecule has 2 rings (SSSR count). The molecule has 0 spiro atoms. The maximum atomic E-state index is 12.2. The number of benzene rings is 2. The molecule has 0 aliphatic heterocycles. The van der Waals surface area contributed by atoms with Gasteiger partial charge in [0.1, 0.15) is 0 Å². The van der Waals surface area contributed by atoms with E-state index in [1.165, 1.54) is 37.7 Å². The summed E-state index contributed by atoms with van der Waals surface area (Å²) in [5.41, 5.74) is 4.20. The van der Waals surface area contributed by atoms with Gasteiger partial charge in [-0.3, -0.25) is 0 Å².